The van der Waals surface area contributed by atoms with Crippen LogP contribution in [0.5, 0.6) is 5.75 Å². The molecule has 4 rings (SSSR count). The molecule has 0 radical (unpaired) electrons. The van der Waals surface area contributed by atoms with Gasteiger partial charge in [0, 0.05) is 18.7 Å². The topological polar surface area (TPSA) is 42.3 Å². The van der Waals surface area contributed by atoms with E-state index in [1.165, 1.54) is 43.6 Å². The molecule has 0 atom stereocenters. The summed E-state index contributed by atoms with van der Waals surface area (Å²) in [5.74, 6) is 2.00. The summed E-state index contributed by atoms with van der Waals surface area (Å²) in [6.07, 6.45) is 5.06. The molecule has 0 unspecified atom stereocenters. The summed E-state index contributed by atoms with van der Waals surface area (Å²) in [6, 6.07) is 8.08. The van der Waals surface area contributed by atoms with Crippen LogP contribution in [0.15, 0.2) is 24.3 Å². The Kier molecular flexibility index (Phi) is 3.95. The quantitative estimate of drug-likeness (QED) is 0.943. The number of aromatic nitrogens is 2. The summed E-state index contributed by atoms with van der Waals surface area (Å²) in [7, 11) is 1.71. The molecule has 0 aliphatic carbocycles. The molecule has 2 aromatic rings. The van der Waals surface area contributed by atoms with Crippen LogP contribution >= 0.6 is 0 Å². The smallest absolute Gasteiger partial charge is 0.144 e. The molecule has 5 heteroatoms. The average molecular weight is 312 g/mol. The molecule has 2 aliphatic heterocycles. The van der Waals surface area contributed by atoms with E-state index in [1.54, 1.807) is 7.11 Å². The number of fused-ring (bicyclic) bond motifs is 1. The van der Waals surface area contributed by atoms with Crippen LogP contribution in [0.2, 0.25) is 0 Å². The number of methoxy groups -OCH3 is 1. The van der Waals surface area contributed by atoms with Crippen molar-refractivity contribution in [3.05, 3.63) is 35.5 Å². The highest BCUT2D eigenvalue weighted by Crippen LogP contribution is 2.33. The molecule has 0 bridgehead atoms. The zero-order valence-electron chi connectivity index (χ0n) is 13.7. The Hall–Kier alpha value is -2.01. The van der Waals surface area contributed by atoms with Crippen molar-refractivity contribution in [3.8, 4) is 11.4 Å². The standard InChI is InChI=1S/C18H24N4O/c1-23-17-8-4-3-7-16(17)22-18-14(9-10-19-18)15(20-22)13-21-11-5-2-6-12-21/h3-4,7-8,19H,2,5-6,9-13H2,1H3. The number of hydrogen-bond donors (Lipinski definition) is 1. The maximum absolute atomic E-state index is 5.52. The number of nitrogens with zero attached hydrogens (tertiary/aromatic N) is 3. The Morgan fingerprint density at radius 1 is 1.17 bits per heavy atom. The summed E-state index contributed by atoms with van der Waals surface area (Å²) in [5.41, 5.74) is 3.60. The molecule has 0 saturated carbocycles. The number of ether oxygens (including phenoxy) is 1. The zero-order chi connectivity index (χ0) is 15.6. The van der Waals surface area contributed by atoms with Gasteiger partial charge in [-0.1, -0.05) is 18.6 Å². The minimum atomic E-state index is 0.857. The number of hydrogen-bond acceptors (Lipinski definition) is 4. The van der Waals surface area contributed by atoms with Crippen molar-refractivity contribution in [2.24, 2.45) is 0 Å². The Labute approximate surface area is 137 Å². The van der Waals surface area contributed by atoms with Gasteiger partial charge in [-0.25, -0.2) is 4.68 Å². The minimum absolute atomic E-state index is 0.857. The number of anilines is 1. The van der Waals surface area contributed by atoms with Crippen molar-refractivity contribution in [1.82, 2.24) is 14.7 Å². The van der Waals surface area contributed by atoms with Crippen molar-refractivity contribution in [1.29, 1.82) is 0 Å². The maximum Gasteiger partial charge on any atom is 0.144 e. The second-order valence-corrected chi connectivity index (χ2v) is 6.37. The predicted octanol–water partition coefficient (Wildman–Crippen LogP) is 2.83. The SMILES string of the molecule is COc1ccccc1-n1nc(CN2CCCCC2)c2c1NCC2. The van der Waals surface area contributed by atoms with Gasteiger partial charge < -0.3 is 10.1 Å². The molecule has 1 N–H and O–H groups in total. The number of benzene rings is 1. The van der Waals surface area contributed by atoms with Gasteiger partial charge in [-0.15, -0.1) is 0 Å². The average Bonchev–Trinajstić information content (AvgIpc) is 3.20. The van der Waals surface area contributed by atoms with Gasteiger partial charge in [0.2, 0.25) is 0 Å². The van der Waals surface area contributed by atoms with Gasteiger partial charge in [0.05, 0.1) is 12.8 Å². The van der Waals surface area contributed by atoms with Gasteiger partial charge in [-0.2, -0.15) is 5.10 Å². The van der Waals surface area contributed by atoms with E-state index in [0.717, 1.165) is 36.8 Å². The fraction of sp³-hybridized carbons (Fsp3) is 0.500. The molecule has 1 fully saturated rings. The molecule has 0 spiro atoms. The lowest BCUT2D eigenvalue weighted by molar-refractivity contribution is 0.217. The molecule has 1 aromatic heterocycles. The van der Waals surface area contributed by atoms with E-state index in [0.29, 0.717) is 0 Å². The van der Waals surface area contributed by atoms with E-state index in [4.69, 9.17) is 9.84 Å². The van der Waals surface area contributed by atoms with Crippen LogP contribution in [0.3, 0.4) is 0 Å². The van der Waals surface area contributed by atoms with Crippen LogP contribution in [0, 0.1) is 0 Å². The molecule has 122 valence electrons. The van der Waals surface area contributed by atoms with Gasteiger partial charge in [-0.3, -0.25) is 4.90 Å². The van der Waals surface area contributed by atoms with E-state index in [2.05, 4.69) is 16.3 Å². The van der Waals surface area contributed by atoms with Crippen LogP contribution in [0.4, 0.5) is 5.82 Å². The fourth-order valence-electron chi connectivity index (χ4n) is 3.68. The van der Waals surface area contributed by atoms with Crippen molar-refractivity contribution in [3.63, 3.8) is 0 Å². The van der Waals surface area contributed by atoms with Gasteiger partial charge in [0.1, 0.15) is 17.3 Å². The molecule has 1 saturated heterocycles. The lowest BCUT2D eigenvalue weighted by atomic mass is 10.1. The first-order valence-corrected chi connectivity index (χ1v) is 8.57. The number of piperidine rings is 1. The summed E-state index contributed by atoms with van der Waals surface area (Å²) < 4.78 is 7.55. The first kappa shape index (κ1) is 14.6. The van der Waals surface area contributed by atoms with Crippen molar-refractivity contribution < 1.29 is 4.74 Å². The van der Waals surface area contributed by atoms with E-state index < -0.39 is 0 Å². The predicted molar refractivity (Wildman–Crippen MR) is 91.4 cm³/mol. The molecule has 3 heterocycles. The van der Waals surface area contributed by atoms with E-state index in [-0.39, 0.29) is 0 Å². The molecular formula is C18H24N4O. The molecule has 23 heavy (non-hydrogen) atoms. The first-order chi connectivity index (χ1) is 11.4. The van der Waals surface area contributed by atoms with Crippen LogP contribution in [0.1, 0.15) is 30.5 Å². The third-order valence-electron chi connectivity index (χ3n) is 4.87. The Morgan fingerprint density at radius 2 is 2.00 bits per heavy atom. The summed E-state index contributed by atoms with van der Waals surface area (Å²) in [5, 5.41) is 8.44. The van der Waals surface area contributed by atoms with Crippen molar-refractivity contribution in [2.45, 2.75) is 32.2 Å². The van der Waals surface area contributed by atoms with Gasteiger partial charge in [-0.05, 0) is 44.5 Å². The zero-order valence-corrected chi connectivity index (χ0v) is 13.7. The Morgan fingerprint density at radius 3 is 2.83 bits per heavy atom. The third-order valence-corrected chi connectivity index (χ3v) is 4.87. The Balaban J connectivity index is 1.69. The summed E-state index contributed by atoms with van der Waals surface area (Å²) >= 11 is 0. The van der Waals surface area contributed by atoms with Crippen molar-refractivity contribution in [2.75, 3.05) is 32.1 Å². The highest BCUT2D eigenvalue weighted by Gasteiger charge is 2.25. The fourth-order valence-corrected chi connectivity index (χ4v) is 3.68. The molecular weight excluding hydrogens is 288 g/mol. The van der Waals surface area contributed by atoms with Crippen LogP contribution in [-0.4, -0.2) is 41.4 Å². The normalized spacial score (nSPS) is 17.8. The number of nitrogens with one attached hydrogen (secondary N) is 1. The van der Waals surface area contributed by atoms with Crippen LogP contribution in [0.25, 0.3) is 5.69 Å². The van der Waals surface area contributed by atoms with E-state index in [1.807, 2.05) is 22.9 Å². The molecule has 1 aromatic carbocycles. The lowest BCUT2D eigenvalue weighted by Gasteiger charge is -2.25. The van der Waals surface area contributed by atoms with Gasteiger partial charge in [0.25, 0.3) is 0 Å². The van der Waals surface area contributed by atoms with Gasteiger partial charge in [0.15, 0.2) is 0 Å². The van der Waals surface area contributed by atoms with Crippen LogP contribution < -0.4 is 10.1 Å². The monoisotopic (exact) mass is 312 g/mol. The number of para-hydroxylation sites is 2. The van der Waals surface area contributed by atoms with E-state index in [9.17, 15) is 0 Å². The molecule has 0 amide bonds. The molecule has 2 aliphatic rings. The summed E-state index contributed by atoms with van der Waals surface area (Å²) in [6.45, 7) is 4.36. The second kappa shape index (κ2) is 6.24. The third kappa shape index (κ3) is 2.70. The maximum atomic E-state index is 5.52. The van der Waals surface area contributed by atoms with Gasteiger partial charge >= 0.3 is 0 Å². The largest absolute Gasteiger partial charge is 0.494 e. The number of likely N-dealkylation sites (tertiary alicyclic amines) is 1. The highest BCUT2D eigenvalue weighted by atomic mass is 16.5. The summed E-state index contributed by atoms with van der Waals surface area (Å²) in [4.78, 5) is 2.54. The second-order valence-electron chi connectivity index (χ2n) is 6.37. The number of rotatable bonds is 4. The van der Waals surface area contributed by atoms with Crippen molar-refractivity contribution >= 4 is 5.82 Å². The highest BCUT2D eigenvalue weighted by molar-refractivity contribution is 5.60. The first-order valence-electron chi connectivity index (χ1n) is 8.57. The lowest BCUT2D eigenvalue weighted by Crippen LogP contribution is -2.29. The minimum Gasteiger partial charge on any atom is -0.494 e. The van der Waals surface area contributed by atoms with Crippen LogP contribution in [-0.2, 0) is 13.0 Å². The Bertz CT molecular complexity index is 688. The molecule has 5 nitrogen and oxygen atoms in total. The van der Waals surface area contributed by atoms with E-state index >= 15 is 0 Å².